The predicted octanol–water partition coefficient (Wildman–Crippen LogP) is 2.90. The minimum atomic E-state index is -0.539. The van der Waals surface area contributed by atoms with Crippen LogP contribution >= 0.6 is 0 Å². The first-order valence-corrected chi connectivity index (χ1v) is 8.95. The highest BCUT2D eigenvalue weighted by Gasteiger charge is 2.15. The average Bonchev–Trinajstić information content (AvgIpc) is 2.74. The van der Waals surface area contributed by atoms with E-state index in [0.717, 1.165) is 5.56 Å². The van der Waals surface area contributed by atoms with E-state index >= 15 is 0 Å². The third kappa shape index (κ3) is 3.55. The summed E-state index contributed by atoms with van der Waals surface area (Å²) in [5, 5.41) is 11.2. The molecule has 0 saturated heterocycles. The molecule has 0 unspecified atom stereocenters. The number of nitrogens with zero attached hydrogens (tertiary/aromatic N) is 3. The number of non-ortho nitro benzene ring substituents is 1. The molecule has 0 aliphatic carbocycles. The molecule has 8 nitrogen and oxygen atoms in total. The second-order valence-corrected chi connectivity index (χ2v) is 6.51. The zero-order valence-electron chi connectivity index (χ0n) is 15.2. The lowest BCUT2D eigenvalue weighted by atomic mass is 10.0. The fraction of sp³-hybridized carbons (Fsp3) is 0.0952. The van der Waals surface area contributed by atoms with Crippen LogP contribution in [-0.4, -0.2) is 19.5 Å². The number of H-pyrrole nitrogens is 1. The van der Waals surface area contributed by atoms with E-state index in [4.69, 9.17) is 0 Å². The van der Waals surface area contributed by atoms with Gasteiger partial charge < -0.3 is 0 Å². The average molecular weight is 388 g/mol. The van der Waals surface area contributed by atoms with Crippen LogP contribution in [0.15, 0.2) is 76.4 Å². The summed E-state index contributed by atoms with van der Waals surface area (Å²) in [5.41, 5.74) is 1.42. The fourth-order valence-corrected chi connectivity index (χ4v) is 3.30. The molecule has 144 valence electrons. The van der Waals surface area contributed by atoms with E-state index < -0.39 is 16.2 Å². The highest BCUT2D eigenvalue weighted by Crippen LogP contribution is 2.26. The lowest BCUT2D eigenvalue weighted by molar-refractivity contribution is -0.384. The number of aryl methyl sites for hydroxylation is 2. The standard InChI is InChI=1S/C21H16N4O4/c26-20-18-17(15-6-8-16(9-7-15)25(28)29)10-12-22-19(18)24(21(27)23-20)13-11-14-4-2-1-3-5-14/h1-10,12H,11,13H2,(H,23,26,27). The number of fused-ring (bicyclic) bond motifs is 1. The molecule has 2 aromatic carbocycles. The van der Waals surface area contributed by atoms with Crippen LogP contribution in [0.4, 0.5) is 5.69 Å². The fourth-order valence-electron chi connectivity index (χ4n) is 3.30. The van der Waals surface area contributed by atoms with Gasteiger partial charge in [-0.2, -0.15) is 0 Å². The zero-order valence-corrected chi connectivity index (χ0v) is 15.2. The first kappa shape index (κ1) is 18.3. The Labute approximate surface area is 164 Å². The first-order chi connectivity index (χ1) is 14.0. The maximum atomic E-state index is 12.6. The van der Waals surface area contributed by atoms with Crippen LogP contribution < -0.4 is 11.2 Å². The van der Waals surface area contributed by atoms with Crippen molar-refractivity contribution in [3.63, 3.8) is 0 Å². The molecule has 1 N–H and O–H groups in total. The Morgan fingerprint density at radius 1 is 1.00 bits per heavy atom. The van der Waals surface area contributed by atoms with Crippen molar-refractivity contribution in [1.82, 2.24) is 14.5 Å². The van der Waals surface area contributed by atoms with Crippen molar-refractivity contribution < 1.29 is 4.92 Å². The molecule has 0 aliphatic rings. The van der Waals surface area contributed by atoms with E-state index in [-0.39, 0.29) is 16.7 Å². The molecule has 0 fully saturated rings. The van der Waals surface area contributed by atoms with E-state index in [1.165, 1.54) is 22.9 Å². The van der Waals surface area contributed by atoms with Crippen LogP contribution in [0.5, 0.6) is 0 Å². The maximum absolute atomic E-state index is 12.6. The summed E-state index contributed by atoms with van der Waals surface area (Å²) in [4.78, 5) is 42.1. The van der Waals surface area contributed by atoms with Gasteiger partial charge in [0.25, 0.3) is 11.2 Å². The number of benzene rings is 2. The van der Waals surface area contributed by atoms with Crippen LogP contribution in [0.3, 0.4) is 0 Å². The monoisotopic (exact) mass is 388 g/mol. The molecule has 0 saturated carbocycles. The van der Waals surface area contributed by atoms with Gasteiger partial charge in [-0.05, 0) is 41.3 Å². The number of aromatic amines is 1. The molecule has 0 bridgehead atoms. The second kappa shape index (κ2) is 7.51. The number of nitrogens with one attached hydrogen (secondary N) is 1. The minimum absolute atomic E-state index is 0.0409. The molecule has 29 heavy (non-hydrogen) atoms. The molecule has 4 rings (SSSR count). The zero-order chi connectivity index (χ0) is 20.4. The Kier molecular flexibility index (Phi) is 4.74. The molecule has 0 atom stereocenters. The molecular weight excluding hydrogens is 372 g/mol. The predicted molar refractivity (Wildman–Crippen MR) is 109 cm³/mol. The molecule has 2 heterocycles. The Hall–Kier alpha value is -4.07. The molecule has 0 aliphatic heterocycles. The summed E-state index contributed by atoms with van der Waals surface area (Å²) < 4.78 is 1.44. The van der Waals surface area contributed by atoms with Crippen LogP contribution in [-0.2, 0) is 13.0 Å². The number of rotatable bonds is 5. The van der Waals surface area contributed by atoms with Gasteiger partial charge in [-0.1, -0.05) is 30.3 Å². The number of aromatic nitrogens is 3. The van der Waals surface area contributed by atoms with Crippen molar-refractivity contribution in [2.45, 2.75) is 13.0 Å². The van der Waals surface area contributed by atoms with Crippen LogP contribution in [0.25, 0.3) is 22.2 Å². The van der Waals surface area contributed by atoms with Gasteiger partial charge in [0.05, 0.1) is 10.3 Å². The third-order valence-electron chi connectivity index (χ3n) is 4.74. The molecule has 0 radical (unpaired) electrons. The summed E-state index contributed by atoms with van der Waals surface area (Å²) in [6.45, 7) is 0.354. The topological polar surface area (TPSA) is 111 Å². The summed E-state index contributed by atoms with van der Waals surface area (Å²) in [6.07, 6.45) is 2.13. The lowest BCUT2D eigenvalue weighted by Crippen LogP contribution is -2.31. The van der Waals surface area contributed by atoms with Gasteiger partial charge in [0.1, 0.15) is 5.65 Å². The van der Waals surface area contributed by atoms with Gasteiger partial charge in [-0.3, -0.25) is 24.5 Å². The highest BCUT2D eigenvalue weighted by molar-refractivity contribution is 5.92. The van der Waals surface area contributed by atoms with Gasteiger partial charge in [-0.25, -0.2) is 9.78 Å². The molecular formula is C21H16N4O4. The van der Waals surface area contributed by atoms with Crippen molar-refractivity contribution >= 4 is 16.7 Å². The summed E-state index contributed by atoms with van der Waals surface area (Å²) >= 11 is 0. The smallest absolute Gasteiger partial charge is 0.277 e. The Morgan fingerprint density at radius 2 is 1.72 bits per heavy atom. The van der Waals surface area contributed by atoms with E-state index in [1.54, 1.807) is 18.2 Å². The number of nitro benzene ring substituents is 1. The normalized spacial score (nSPS) is 10.9. The van der Waals surface area contributed by atoms with E-state index in [1.807, 2.05) is 30.3 Å². The molecule has 4 aromatic rings. The molecule has 0 spiro atoms. The minimum Gasteiger partial charge on any atom is -0.277 e. The van der Waals surface area contributed by atoms with Crippen molar-refractivity contribution in [2.75, 3.05) is 0 Å². The summed E-state index contributed by atoms with van der Waals surface area (Å²) in [7, 11) is 0. The van der Waals surface area contributed by atoms with Crippen molar-refractivity contribution in [1.29, 1.82) is 0 Å². The third-order valence-corrected chi connectivity index (χ3v) is 4.74. The Bertz CT molecular complexity index is 1310. The number of pyridine rings is 1. The number of hydrogen-bond donors (Lipinski definition) is 1. The van der Waals surface area contributed by atoms with Crippen molar-refractivity contribution in [3.8, 4) is 11.1 Å². The van der Waals surface area contributed by atoms with Crippen LogP contribution in [0, 0.1) is 10.1 Å². The van der Waals surface area contributed by atoms with Gasteiger partial charge in [0, 0.05) is 24.9 Å². The SMILES string of the molecule is O=c1[nH]c(=O)n(CCc2ccccc2)c2nccc(-c3ccc([N+](=O)[O-])cc3)c12. The largest absolute Gasteiger partial charge is 0.330 e. The van der Waals surface area contributed by atoms with E-state index in [2.05, 4.69) is 9.97 Å². The molecule has 2 aromatic heterocycles. The molecule has 0 amide bonds. The second-order valence-electron chi connectivity index (χ2n) is 6.51. The van der Waals surface area contributed by atoms with Crippen LogP contribution in [0.1, 0.15) is 5.56 Å². The van der Waals surface area contributed by atoms with Crippen LogP contribution in [0.2, 0.25) is 0 Å². The first-order valence-electron chi connectivity index (χ1n) is 8.95. The lowest BCUT2D eigenvalue weighted by Gasteiger charge is -2.11. The van der Waals surface area contributed by atoms with Crippen molar-refractivity contribution in [2.24, 2.45) is 0 Å². The van der Waals surface area contributed by atoms with Gasteiger partial charge in [0.2, 0.25) is 0 Å². The Balaban J connectivity index is 1.83. The van der Waals surface area contributed by atoms with E-state index in [9.17, 15) is 19.7 Å². The summed E-state index contributed by atoms with van der Waals surface area (Å²) in [5.74, 6) is 0. The maximum Gasteiger partial charge on any atom is 0.330 e. The Morgan fingerprint density at radius 3 is 2.41 bits per heavy atom. The van der Waals surface area contributed by atoms with E-state index in [0.29, 0.717) is 24.1 Å². The van der Waals surface area contributed by atoms with Gasteiger partial charge in [0.15, 0.2) is 0 Å². The van der Waals surface area contributed by atoms with Gasteiger partial charge in [-0.15, -0.1) is 0 Å². The van der Waals surface area contributed by atoms with Gasteiger partial charge >= 0.3 is 5.69 Å². The highest BCUT2D eigenvalue weighted by atomic mass is 16.6. The summed E-state index contributed by atoms with van der Waals surface area (Å²) in [6, 6.07) is 17.3. The van der Waals surface area contributed by atoms with Crippen molar-refractivity contribution in [3.05, 3.63) is 103 Å². The number of nitro groups is 1. The molecule has 8 heteroatoms. The quantitative estimate of drug-likeness (QED) is 0.417. The number of hydrogen-bond acceptors (Lipinski definition) is 5.